The number of carbonyl (C=O) groups is 1. The summed E-state index contributed by atoms with van der Waals surface area (Å²) in [5.41, 5.74) is 2.80. The van der Waals surface area contributed by atoms with Crippen molar-refractivity contribution in [3.05, 3.63) is 58.7 Å². The van der Waals surface area contributed by atoms with Crippen LogP contribution < -0.4 is 5.32 Å². The van der Waals surface area contributed by atoms with Gasteiger partial charge in [0.15, 0.2) is 0 Å². The number of hydrogen-bond donors (Lipinski definition) is 1. The number of halogens is 1. The van der Waals surface area contributed by atoms with Crippen molar-refractivity contribution in [3.8, 4) is 11.8 Å². The van der Waals surface area contributed by atoms with Gasteiger partial charge < -0.3 is 4.57 Å². The number of carbonyl (C=O) groups excluding carboxylic acids is 1. The molecule has 0 aliphatic heterocycles. The van der Waals surface area contributed by atoms with E-state index < -0.39 is 15.7 Å². The first-order chi connectivity index (χ1) is 14.7. The number of amides is 1. The molecule has 0 saturated heterocycles. The second-order valence-electron chi connectivity index (χ2n) is 6.54. The molecule has 3 rings (SSSR count). The van der Waals surface area contributed by atoms with Crippen molar-refractivity contribution < 1.29 is 17.6 Å². The molecule has 0 atom stereocenters. The highest BCUT2D eigenvalue weighted by Gasteiger charge is 2.20. The largest absolute Gasteiger partial charge is 0.318 e. The summed E-state index contributed by atoms with van der Waals surface area (Å²) in [6.45, 7) is 5.16. The van der Waals surface area contributed by atoms with E-state index in [0.29, 0.717) is 5.56 Å². The Morgan fingerprint density at radius 3 is 2.58 bits per heavy atom. The fourth-order valence-electron chi connectivity index (χ4n) is 2.90. The van der Waals surface area contributed by atoms with Gasteiger partial charge in [-0.15, -0.1) is 10.2 Å². The lowest BCUT2D eigenvalue weighted by Crippen LogP contribution is -2.13. The summed E-state index contributed by atoms with van der Waals surface area (Å²) < 4.78 is 38.6. The summed E-state index contributed by atoms with van der Waals surface area (Å²) in [5, 5.41) is 19.1. The van der Waals surface area contributed by atoms with Crippen molar-refractivity contribution >= 4 is 38.3 Å². The minimum Gasteiger partial charge on any atom is -0.318 e. The van der Waals surface area contributed by atoms with Gasteiger partial charge >= 0.3 is 0 Å². The highest BCUT2D eigenvalue weighted by Crippen LogP contribution is 2.24. The number of benzene rings is 1. The molecule has 8 nitrogen and oxygen atoms in total. The summed E-state index contributed by atoms with van der Waals surface area (Å²) in [7, 11) is -3.54. The Morgan fingerprint density at radius 2 is 1.97 bits per heavy atom. The third-order valence-electron chi connectivity index (χ3n) is 4.49. The summed E-state index contributed by atoms with van der Waals surface area (Å²) >= 11 is 0.722. The highest BCUT2D eigenvalue weighted by atomic mass is 32.2. The van der Waals surface area contributed by atoms with Gasteiger partial charge in [-0.3, -0.25) is 10.1 Å². The quantitative estimate of drug-likeness (QED) is 0.343. The number of rotatable bonds is 6. The number of sulfone groups is 1. The van der Waals surface area contributed by atoms with Crippen molar-refractivity contribution in [2.24, 2.45) is 0 Å². The van der Waals surface area contributed by atoms with E-state index in [9.17, 15) is 22.9 Å². The number of hydrogen-bond acceptors (Lipinski definition) is 7. The first-order valence-corrected chi connectivity index (χ1v) is 11.6. The Hall–Kier alpha value is -3.36. The van der Waals surface area contributed by atoms with E-state index in [4.69, 9.17) is 0 Å². The molecular formula is C20H18FN5O3S2. The third-order valence-corrected chi connectivity index (χ3v) is 7.51. The molecular weight excluding hydrogens is 441 g/mol. The molecule has 1 N–H and O–H groups in total. The molecule has 11 heteroatoms. The average molecular weight is 460 g/mol. The molecule has 2 aromatic heterocycles. The summed E-state index contributed by atoms with van der Waals surface area (Å²) in [6.07, 6.45) is 1.43. The van der Waals surface area contributed by atoms with Crippen LogP contribution in [0.2, 0.25) is 0 Å². The zero-order valence-corrected chi connectivity index (χ0v) is 18.5. The normalized spacial score (nSPS) is 11.9. The van der Waals surface area contributed by atoms with Gasteiger partial charge in [-0.25, -0.2) is 12.8 Å². The molecule has 0 aliphatic carbocycles. The lowest BCUT2D eigenvalue weighted by Gasteiger charge is -2.09. The van der Waals surface area contributed by atoms with Crippen molar-refractivity contribution in [1.82, 2.24) is 14.8 Å². The Morgan fingerprint density at radius 1 is 1.29 bits per heavy atom. The molecule has 2 heterocycles. The smallest absolute Gasteiger partial charge is 0.268 e. The monoisotopic (exact) mass is 459 g/mol. The van der Waals surface area contributed by atoms with Gasteiger partial charge in [0.05, 0.1) is 5.75 Å². The molecule has 0 bridgehead atoms. The zero-order chi connectivity index (χ0) is 22.8. The maximum absolute atomic E-state index is 13.2. The van der Waals surface area contributed by atoms with Gasteiger partial charge in [-0.05, 0) is 55.8 Å². The van der Waals surface area contributed by atoms with Gasteiger partial charge in [0, 0.05) is 17.1 Å². The number of nitriles is 1. The molecule has 0 spiro atoms. The van der Waals surface area contributed by atoms with E-state index in [1.165, 1.54) is 25.1 Å². The molecule has 1 amide bonds. The van der Waals surface area contributed by atoms with E-state index in [-0.39, 0.29) is 26.6 Å². The van der Waals surface area contributed by atoms with Gasteiger partial charge in [-0.2, -0.15) is 5.26 Å². The first-order valence-electron chi connectivity index (χ1n) is 9.10. The van der Waals surface area contributed by atoms with Crippen LogP contribution in [0.5, 0.6) is 0 Å². The maximum Gasteiger partial charge on any atom is 0.268 e. The fraction of sp³-hybridized carbons (Fsp3) is 0.200. The fourth-order valence-corrected chi connectivity index (χ4v) is 4.88. The van der Waals surface area contributed by atoms with Gasteiger partial charge in [-0.1, -0.05) is 18.3 Å². The molecule has 3 aromatic rings. The minimum absolute atomic E-state index is 0.0186. The molecule has 160 valence electrons. The average Bonchev–Trinajstić information content (AvgIpc) is 3.31. The number of nitrogens with zero attached hydrogens (tertiary/aromatic N) is 4. The van der Waals surface area contributed by atoms with Crippen molar-refractivity contribution in [2.45, 2.75) is 25.1 Å². The maximum atomic E-state index is 13.2. The van der Waals surface area contributed by atoms with Crippen LogP contribution in [0.15, 0.2) is 40.2 Å². The van der Waals surface area contributed by atoms with Crippen LogP contribution in [-0.2, 0) is 14.6 Å². The predicted octanol–water partition coefficient (Wildman–Crippen LogP) is 3.42. The standard InChI is InChI=1S/C20H18FN5O3S2/c1-4-31(28,29)20-25-24-19(30-20)23-18(27)15(11-22)10-14-9-12(2)26(13(14)3)17-7-5-16(21)6-8-17/h5-10H,4H2,1-3H3,(H,23,24,27). The van der Waals surface area contributed by atoms with Crippen LogP contribution in [-0.4, -0.2) is 34.8 Å². The number of aryl methyl sites for hydroxylation is 1. The van der Waals surface area contributed by atoms with Crippen molar-refractivity contribution in [2.75, 3.05) is 11.1 Å². The minimum atomic E-state index is -3.54. The third kappa shape index (κ3) is 4.70. The van der Waals surface area contributed by atoms with E-state index in [0.717, 1.165) is 28.4 Å². The molecule has 0 aliphatic rings. The molecule has 0 fully saturated rings. The summed E-state index contributed by atoms with van der Waals surface area (Å²) in [6, 6.07) is 9.64. The zero-order valence-electron chi connectivity index (χ0n) is 16.9. The van der Waals surface area contributed by atoms with Crippen LogP contribution in [0.3, 0.4) is 0 Å². The van der Waals surface area contributed by atoms with Gasteiger partial charge in [0.25, 0.3) is 5.91 Å². The second-order valence-corrected chi connectivity index (χ2v) is 9.97. The molecule has 31 heavy (non-hydrogen) atoms. The molecule has 0 saturated carbocycles. The van der Waals surface area contributed by atoms with Gasteiger partial charge in [0.2, 0.25) is 19.3 Å². The lowest BCUT2D eigenvalue weighted by atomic mass is 10.1. The second kappa shape index (κ2) is 8.79. The van der Waals surface area contributed by atoms with Crippen LogP contribution in [0.1, 0.15) is 23.9 Å². The Kier molecular flexibility index (Phi) is 6.33. The predicted molar refractivity (Wildman–Crippen MR) is 115 cm³/mol. The van der Waals surface area contributed by atoms with Crippen LogP contribution >= 0.6 is 11.3 Å². The van der Waals surface area contributed by atoms with E-state index in [1.807, 2.05) is 24.5 Å². The van der Waals surface area contributed by atoms with Crippen molar-refractivity contribution in [1.29, 1.82) is 5.26 Å². The molecule has 0 radical (unpaired) electrons. The number of anilines is 1. The SMILES string of the molecule is CCS(=O)(=O)c1nnc(NC(=O)C(C#N)=Cc2cc(C)n(-c3ccc(F)cc3)c2C)s1. The summed E-state index contributed by atoms with van der Waals surface area (Å²) in [5.74, 6) is -1.21. The summed E-state index contributed by atoms with van der Waals surface area (Å²) in [4.78, 5) is 12.5. The van der Waals surface area contributed by atoms with E-state index >= 15 is 0 Å². The van der Waals surface area contributed by atoms with Crippen LogP contribution in [0.25, 0.3) is 11.8 Å². The van der Waals surface area contributed by atoms with E-state index in [1.54, 1.807) is 18.2 Å². The van der Waals surface area contributed by atoms with E-state index in [2.05, 4.69) is 15.5 Å². The van der Waals surface area contributed by atoms with Crippen LogP contribution in [0, 0.1) is 31.0 Å². The Bertz CT molecular complexity index is 1320. The topological polar surface area (TPSA) is 118 Å². The molecule has 0 unspecified atom stereocenters. The van der Waals surface area contributed by atoms with Gasteiger partial charge in [0.1, 0.15) is 17.5 Å². The van der Waals surface area contributed by atoms with Crippen molar-refractivity contribution in [3.63, 3.8) is 0 Å². The Balaban J connectivity index is 1.88. The number of nitrogens with one attached hydrogen (secondary N) is 1. The molecule has 1 aromatic carbocycles. The first kappa shape index (κ1) is 22.3. The number of aromatic nitrogens is 3. The Labute approximate surface area is 182 Å². The lowest BCUT2D eigenvalue weighted by molar-refractivity contribution is -0.112. The highest BCUT2D eigenvalue weighted by molar-refractivity contribution is 7.93. The van der Waals surface area contributed by atoms with Crippen LogP contribution in [0.4, 0.5) is 9.52 Å².